The van der Waals surface area contributed by atoms with E-state index in [1.54, 1.807) is 12.3 Å². The molecule has 100 valence electrons. The predicted octanol–water partition coefficient (Wildman–Crippen LogP) is 2.31. The molecular weight excluding hydrogens is 244 g/mol. The Balaban J connectivity index is 2.00. The van der Waals surface area contributed by atoms with Gasteiger partial charge in [0.2, 0.25) is 5.76 Å². The third-order valence-corrected chi connectivity index (χ3v) is 2.85. The Morgan fingerprint density at radius 2 is 2.32 bits per heavy atom. The molecule has 5 heteroatoms. The maximum atomic E-state index is 11.5. The molecule has 0 fully saturated rings. The minimum Gasteiger partial charge on any atom is -0.463 e. The summed E-state index contributed by atoms with van der Waals surface area (Å²) in [5, 5.41) is 3.29. The van der Waals surface area contributed by atoms with Gasteiger partial charge in [-0.2, -0.15) is 0 Å². The highest BCUT2D eigenvalue weighted by Gasteiger charge is 2.16. The smallest absolute Gasteiger partial charge is 0.374 e. The molecule has 0 spiro atoms. The normalized spacial score (nSPS) is 12.1. The van der Waals surface area contributed by atoms with Gasteiger partial charge in [-0.15, -0.1) is 0 Å². The van der Waals surface area contributed by atoms with Crippen LogP contribution in [0.1, 0.15) is 34.8 Å². The first kappa shape index (κ1) is 13.3. The van der Waals surface area contributed by atoms with Crippen LogP contribution in [0.5, 0.6) is 0 Å². The maximum Gasteiger partial charge on any atom is 0.374 e. The van der Waals surface area contributed by atoms with E-state index < -0.39 is 5.97 Å². The van der Waals surface area contributed by atoms with Crippen molar-refractivity contribution in [2.24, 2.45) is 0 Å². The van der Waals surface area contributed by atoms with Crippen LogP contribution in [0, 0.1) is 0 Å². The van der Waals surface area contributed by atoms with Crippen LogP contribution < -0.4 is 5.32 Å². The summed E-state index contributed by atoms with van der Waals surface area (Å²) >= 11 is 0. The van der Waals surface area contributed by atoms with Crippen molar-refractivity contribution < 1.29 is 13.9 Å². The van der Waals surface area contributed by atoms with E-state index in [0.29, 0.717) is 6.54 Å². The fraction of sp³-hybridized carbons (Fsp3) is 0.286. The number of carbonyl (C=O) groups excluding carboxylic acids is 1. The molecule has 0 amide bonds. The number of esters is 1. The molecule has 2 aromatic heterocycles. The Hall–Kier alpha value is -2.14. The first-order valence-corrected chi connectivity index (χ1v) is 6.01. The lowest BCUT2D eigenvalue weighted by molar-refractivity contribution is 0.0563. The number of rotatable bonds is 5. The van der Waals surface area contributed by atoms with Gasteiger partial charge in [-0.25, -0.2) is 4.79 Å². The zero-order valence-corrected chi connectivity index (χ0v) is 10.9. The summed E-state index contributed by atoms with van der Waals surface area (Å²) in [4.78, 5) is 15.7. The fourth-order valence-corrected chi connectivity index (χ4v) is 1.75. The molecule has 0 saturated carbocycles. The quantitative estimate of drug-likeness (QED) is 0.836. The molecule has 0 aliphatic carbocycles. The number of ether oxygens (including phenoxy) is 1. The van der Waals surface area contributed by atoms with Gasteiger partial charge in [0.25, 0.3) is 0 Å². The van der Waals surface area contributed by atoms with Crippen LogP contribution in [-0.4, -0.2) is 18.1 Å². The van der Waals surface area contributed by atoms with Gasteiger partial charge < -0.3 is 14.5 Å². The summed E-state index contributed by atoms with van der Waals surface area (Å²) in [5.74, 6) is -0.226. The van der Waals surface area contributed by atoms with Gasteiger partial charge in [-0.05, 0) is 25.1 Å². The van der Waals surface area contributed by atoms with E-state index in [2.05, 4.69) is 15.0 Å². The van der Waals surface area contributed by atoms with Crippen molar-refractivity contribution in [3.05, 3.63) is 53.7 Å². The van der Waals surface area contributed by atoms with Crippen LogP contribution in [0.2, 0.25) is 0 Å². The summed E-state index contributed by atoms with van der Waals surface area (Å²) in [5.41, 5.74) is 1.72. The number of pyridine rings is 1. The first-order valence-electron chi connectivity index (χ1n) is 6.01. The van der Waals surface area contributed by atoms with E-state index in [-0.39, 0.29) is 11.8 Å². The Bertz CT molecular complexity index is 537. The number of hydrogen-bond donors (Lipinski definition) is 1. The average Bonchev–Trinajstić information content (AvgIpc) is 2.93. The molecule has 1 atom stereocenters. The Morgan fingerprint density at radius 3 is 3.00 bits per heavy atom. The number of aromatic nitrogens is 1. The number of carbonyl (C=O) groups is 1. The molecule has 1 N–H and O–H groups in total. The van der Waals surface area contributed by atoms with Crippen molar-refractivity contribution in [3.8, 4) is 0 Å². The monoisotopic (exact) mass is 260 g/mol. The SMILES string of the molecule is COC(=O)c1occc1CN[C@H](C)c1ccccn1. The minimum atomic E-state index is -0.465. The van der Waals surface area contributed by atoms with Crippen LogP contribution in [0.25, 0.3) is 0 Å². The molecule has 0 aliphatic heterocycles. The molecule has 0 radical (unpaired) electrons. The van der Waals surface area contributed by atoms with E-state index in [0.717, 1.165) is 11.3 Å². The van der Waals surface area contributed by atoms with Gasteiger partial charge >= 0.3 is 5.97 Å². The van der Waals surface area contributed by atoms with E-state index in [4.69, 9.17) is 4.42 Å². The van der Waals surface area contributed by atoms with Crippen LogP contribution in [0.3, 0.4) is 0 Å². The molecule has 0 unspecified atom stereocenters. The van der Waals surface area contributed by atoms with Crippen molar-refractivity contribution in [2.75, 3.05) is 7.11 Å². The largest absolute Gasteiger partial charge is 0.463 e. The molecule has 0 bridgehead atoms. The highest BCUT2D eigenvalue weighted by Crippen LogP contribution is 2.14. The fourth-order valence-electron chi connectivity index (χ4n) is 1.75. The summed E-state index contributed by atoms with van der Waals surface area (Å²) < 4.78 is 9.78. The summed E-state index contributed by atoms with van der Waals surface area (Å²) in [7, 11) is 1.33. The van der Waals surface area contributed by atoms with Gasteiger partial charge in [-0.1, -0.05) is 6.07 Å². The van der Waals surface area contributed by atoms with Crippen molar-refractivity contribution in [1.82, 2.24) is 10.3 Å². The Kier molecular flexibility index (Phi) is 4.30. The van der Waals surface area contributed by atoms with Gasteiger partial charge in [-0.3, -0.25) is 4.98 Å². The number of hydrogen-bond acceptors (Lipinski definition) is 5. The van der Waals surface area contributed by atoms with Crippen molar-refractivity contribution in [2.45, 2.75) is 19.5 Å². The molecule has 2 rings (SSSR count). The molecule has 0 saturated heterocycles. The van der Waals surface area contributed by atoms with Crippen LogP contribution in [0.15, 0.2) is 41.1 Å². The number of methoxy groups -OCH3 is 1. The number of nitrogens with zero attached hydrogens (tertiary/aromatic N) is 1. The lowest BCUT2D eigenvalue weighted by Crippen LogP contribution is -2.20. The predicted molar refractivity (Wildman–Crippen MR) is 69.5 cm³/mol. The molecule has 5 nitrogen and oxygen atoms in total. The molecule has 2 heterocycles. The molecule has 0 aliphatic rings. The molecular formula is C14H16N2O3. The van der Waals surface area contributed by atoms with Crippen molar-refractivity contribution >= 4 is 5.97 Å². The first-order chi connectivity index (χ1) is 9.22. The lowest BCUT2D eigenvalue weighted by atomic mass is 10.2. The second-order valence-corrected chi connectivity index (χ2v) is 4.12. The van der Waals surface area contributed by atoms with Crippen LogP contribution >= 0.6 is 0 Å². The second-order valence-electron chi connectivity index (χ2n) is 4.12. The van der Waals surface area contributed by atoms with Crippen molar-refractivity contribution in [3.63, 3.8) is 0 Å². The summed E-state index contributed by atoms with van der Waals surface area (Å²) in [6.45, 7) is 2.53. The van der Waals surface area contributed by atoms with E-state index in [9.17, 15) is 4.79 Å². The average molecular weight is 260 g/mol. The zero-order valence-electron chi connectivity index (χ0n) is 10.9. The second kappa shape index (κ2) is 6.15. The van der Waals surface area contributed by atoms with Gasteiger partial charge in [0.05, 0.1) is 19.1 Å². The van der Waals surface area contributed by atoms with Gasteiger partial charge in [0.15, 0.2) is 0 Å². The number of nitrogens with one attached hydrogen (secondary N) is 1. The Labute approximate surface area is 111 Å². The zero-order chi connectivity index (χ0) is 13.7. The molecule has 19 heavy (non-hydrogen) atoms. The minimum absolute atomic E-state index is 0.0848. The summed E-state index contributed by atoms with van der Waals surface area (Å²) in [6.07, 6.45) is 3.24. The third kappa shape index (κ3) is 3.20. The van der Waals surface area contributed by atoms with Crippen LogP contribution in [-0.2, 0) is 11.3 Å². The van der Waals surface area contributed by atoms with E-state index in [1.165, 1.54) is 13.4 Å². The summed E-state index contributed by atoms with van der Waals surface area (Å²) in [6, 6.07) is 7.61. The van der Waals surface area contributed by atoms with Gasteiger partial charge in [0.1, 0.15) is 0 Å². The topological polar surface area (TPSA) is 64.4 Å². The standard InChI is InChI=1S/C14H16N2O3/c1-10(12-5-3-4-7-15-12)16-9-11-6-8-19-13(11)14(17)18-2/h3-8,10,16H,9H2,1-2H3/t10-/m1/s1. The highest BCUT2D eigenvalue weighted by atomic mass is 16.5. The molecule has 0 aromatic carbocycles. The molecule has 2 aromatic rings. The van der Waals surface area contributed by atoms with E-state index >= 15 is 0 Å². The number of furan rings is 1. The van der Waals surface area contributed by atoms with Crippen LogP contribution in [0.4, 0.5) is 0 Å². The van der Waals surface area contributed by atoms with Crippen molar-refractivity contribution in [1.29, 1.82) is 0 Å². The maximum absolute atomic E-state index is 11.5. The van der Waals surface area contributed by atoms with Gasteiger partial charge in [0, 0.05) is 24.3 Å². The third-order valence-electron chi connectivity index (χ3n) is 2.85. The Morgan fingerprint density at radius 1 is 1.47 bits per heavy atom. The lowest BCUT2D eigenvalue weighted by Gasteiger charge is -2.12. The highest BCUT2D eigenvalue weighted by molar-refractivity contribution is 5.87. The van der Waals surface area contributed by atoms with E-state index in [1.807, 2.05) is 25.1 Å².